The predicted molar refractivity (Wildman–Crippen MR) is 86.6 cm³/mol. The van der Waals surface area contributed by atoms with Crippen LogP contribution in [0.3, 0.4) is 0 Å². The molecule has 1 aromatic heterocycles. The van der Waals surface area contributed by atoms with Gasteiger partial charge in [0.05, 0.1) is 12.8 Å². The van der Waals surface area contributed by atoms with Crippen LogP contribution in [-0.2, 0) is 16.8 Å². The summed E-state index contributed by atoms with van der Waals surface area (Å²) in [5.41, 5.74) is 0. The molecule has 6 nitrogen and oxygen atoms in total. The van der Waals surface area contributed by atoms with Crippen LogP contribution in [0, 0.1) is 5.92 Å². The molecule has 0 radical (unpaired) electrons. The average molecular weight is 329 g/mol. The van der Waals surface area contributed by atoms with Gasteiger partial charge in [0.1, 0.15) is 5.76 Å². The molecule has 1 N–H and O–H groups in total. The molecule has 0 saturated carbocycles. The molecule has 2 heterocycles. The summed E-state index contributed by atoms with van der Waals surface area (Å²) >= 11 is 0. The average Bonchev–Trinajstić information content (AvgIpc) is 3.00. The number of nitrogens with zero attached hydrogens (tertiary/aromatic N) is 2. The van der Waals surface area contributed by atoms with E-state index in [0.29, 0.717) is 25.6 Å². The van der Waals surface area contributed by atoms with Gasteiger partial charge in [0.15, 0.2) is 0 Å². The number of hydrogen-bond donors (Lipinski definition) is 1. The van der Waals surface area contributed by atoms with Crippen LogP contribution < -0.4 is 4.72 Å². The molecule has 0 spiro atoms. The highest BCUT2D eigenvalue weighted by molar-refractivity contribution is 7.87. The Labute approximate surface area is 133 Å². The van der Waals surface area contributed by atoms with Gasteiger partial charge in [-0.05, 0) is 37.4 Å². The lowest BCUT2D eigenvalue weighted by molar-refractivity contribution is 0.158. The first-order chi connectivity index (χ1) is 10.5. The lowest BCUT2D eigenvalue weighted by atomic mass is 9.98. The van der Waals surface area contributed by atoms with Gasteiger partial charge < -0.3 is 4.42 Å². The van der Waals surface area contributed by atoms with E-state index in [1.54, 1.807) is 6.26 Å². The molecule has 0 amide bonds. The second-order valence-electron chi connectivity index (χ2n) is 5.76. The summed E-state index contributed by atoms with van der Waals surface area (Å²) in [5, 5.41) is 0. The Morgan fingerprint density at radius 3 is 2.82 bits per heavy atom. The van der Waals surface area contributed by atoms with E-state index in [-0.39, 0.29) is 0 Å². The zero-order valence-electron chi connectivity index (χ0n) is 13.5. The molecule has 0 aromatic carbocycles. The fraction of sp³-hybridized carbons (Fsp3) is 0.733. The Balaban J connectivity index is 1.83. The van der Waals surface area contributed by atoms with Crippen LogP contribution in [0.4, 0.5) is 0 Å². The maximum Gasteiger partial charge on any atom is 0.279 e. The molecular formula is C15H27N3O3S. The molecular weight excluding hydrogens is 302 g/mol. The summed E-state index contributed by atoms with van der Waals surface area (Å²) in [7, 11) is -3.34. The van der Waals surface area contributed by atoms with Crippen molar-refractivity contribution in [3.05, 3.63) is 24.2 Å². The first-order valence-electron chi connectivity index (χ1n) is 8.04. The van der Waals surface area contributed by atoms with Crippen LogP contribution in [0.1, 0.15) is 32.4 Å². The second-order valence-corrected chi connectivity index (χ2v) is 7.52. The second kappa shape index (κ2) is 8.10. The van der Waals surface area contributed by atoms with Crippen LogP contribution >= 0.6 is 0 Å². The largest absolute Gasteiger partial charge is 0.468 e. The predicted octanol–water partition coefficient (Wildman–Crippen LogP) is 1.67. The molecule has 1 aliphatic heterocycles. The van der Waals surface area contributed by atoms with Crippen LogP contribution in [0.5, 0.6) is 0 Å². The standard InChI is InChI=1S/C15H27N3O3S/c1-3-18(4-2)22(19,20)16-11-14-7-5-9-17(12-14)13-15-8-6-10-21-15/h6,8,10,14,16H,3-5,7,9,11-13H2,1-2H3. The third-order valence-corrected chi connectivity index (χ3v) is 5.89. The Kier molecular flexibility index (Phi) is 6.43. The van der Waals surface area contributed by atoms with Gasteiger partial charge >= 0.3 is 0 Å². The Morgan fingerprint density at radius 2 is 2.18 bits per heavy atom. The topological polar surface area (TPSA) is 65.8 Å². The number of hydrogen-bond acceptors (Lipinski definition) is 4. The minimum absolute atomic E-state index is 0.356. The maximum absolute atomic E-state index is 12.2. The van der Waals surface area contributed by atoms with Crippen molar-refractivity contribution in [3.8, 4) is 0 Å². The number of nitrogens with one attached hydrogen (secondary N) is 1. The Bertz CT molecular complexity index is 526. The van der Waals surface area contributed by atoms with E-state index in [1.165, 1.54) is 4.31 Å². The highest BCUT2D eigenvalue weighted by atomic mass is 32.2. The first-order valence-corrected chi connectivity index (χ1v) is 9.48. The number of piperidine rings is 1. The molecule has 1 aliphatic rings. The van der Waals surface area contributed by atoms with Crippen molar-refractivity contribution in [2.24, 2.45) is 5.92 Å². The molecule has 0 bridgehead atoms. The van der Waals surface area contributed by atoms with Gasteiger partial charge in [-0.2, -0.15) is 12.7 Å². The molecule has 1 aromatic rings. The highest BCUT2D eigenvalue weighted by Crippen LogP contribution is 2.18. The van der Waals surface area contributed by atoms with Crippen molar-refractivity contribution >= 4 is 10.2 Å². The molecule has 22 heavy (non-hydrogen) atoms. The van der Waals surface area contributed by atoms with E-state index in [2.05, 4.69) is 9.62 Å². The zero-order valence-corrected chi connectivity index (χ0v) is 14.3. The fourth-order valence-corrected chi connectivity index (χ4v) is 4.27. The molecule has 1 unspecified atom stereocenters. The summed E-state index contributed by atoms with van der Waals surface area (Å²) in [6.45, 7) is 7.96. The zero-order chi connectivity index (χ0) is 16.0. The summed E-state index contributed by atoms with van der Waals surface area (Å²) in [4.78, 5) is 2.33. The van der Waals surface area contributed by atoms with E-state index < -0.39 is 10.2 Å². The summed E-state index contributed by atoms with van der Waals surface area (Å²) in [5.74, 6) is 1.32. The molecule has 1 atom stereocenters. The third-order valence-electron chi connectivity index (χ3n) is 4.16. The fourth-order valence-electron chi connectivity index (χ4n) is 2.96. The molecule has 7 heteroatoms. The summed E-state index contributed by atoms with van der Waals surface area (Å²) in [6, 6.07) is 3.88. The minimum Gasteiger partial charge on any atom is -0.468 e. The smallest absolute Gasteiger partial charge is 0.279 e. The van der Waals surface area contributed by atoms with Crippen LogP contribution in [0.15, 0.2) is 22.8 Å². The lowest BCUT2D eigenvalue weighted by Gasteiger charge is -2.32. The molecule has 1 saturated heterocycles. The van der Waals surface area contributed by atoms with E-state index in [4.69, 9.17) is 4.42 Å². The van der Waals surface area contributed by atoms with Gasteiger partial charge in [-0.25, -0.2) is 4.72 Å². The van der Waals surface area contributed by atoms with Crippen LogP contribution in [0.2, 0.25) is 0 Å². The van der Waals surface area contributed by atoms with Gasteiger partial charge in [0, 0.05) is 26.2 Å². The number of likely N-dealkylation sites (tertiary alicyclic amines) is 1. The summed E-state index contributed by atoms with van der Waals surface area (Å²) in [6.07, 6.45) is 3.85. The highest BCUT2D eigenvalue weighted by Gasteiger charge is 2.24. The lowest BCUT2D eigenvalue weighted by Crippen LogP contribution is -2.45. The van der Waals surface area contributed by atoms with Gasteiger partial charge in [-0.15, -0.1) is 0 Å². The summed E-state index contributed by atoms with van der Waals surface area (Å²) < 4.78 is 33.9. The van der Waals surface area contributed by atoms with Crippen molar-refractivity contribution < 1.29 is 12.8 Å². The normalized spacial score (nSPS) is 20.6. The minimum atomic E-state index is -3.34. The van der Waals surface area contributed by atoms with E-state index >= 15 is 0 Å². The number of rotatable bonds is 8. The Hall–Kier alpha value is -0.890. The van der Waals surface area contributed by atoms with Crippen molar-refractivity contribution in [2.75, 3.05) is 32.7 Å². The van der Waals surface area contributed by atoms with Gasteiger partial charge in [0.25, 0.3) is 10.2 Å². The SMILES string of the molecule is CCN(CC)S(=O)(=O)NCC1CCCN(Cc2ccco2)C1. The van der Waals surface area contributed by atoms with Crippen LogP contribution in [0.25, 0.3) is 0 Å². The van der Waals surface area contributed by atoms with Crippen molar-refractivity contribution in [1.82, 2.24) is 13.9 Å². The Morgan fingerprint density at radius 1 is 1.41 bits per heavy atom. The van der Waals surface area contributed by atoms with Gasteiger partial charge in [-0.3, -0.25) is 4.90 Å². The first kappa shape index (κ1) is 17.5. The van der Waals surface area contributed by atoms with Gasteiger partial charge in [0.2, 0.25) is 0 Å². The van der Waals surface area contributed by atoms with E-state index in [9.17, 15) is 8.42 Å². The van der Waals surface area contributed by atoms with Crippen molar-refractivity contribution in [2.45, 2.75) is 33.2 Å². The molecule has 2 rings (SSSR count). The van der Waals surface area contributed by atoms with Crippen LogP contribution in [-0.4, -0.2) is 50.3 Å². The maximum atomic E-state index is 12.2. The third kappa shape index (κ3) is 4.81. The van der Waals surface area contributed by atoms with E-state index in [1.807, 2.05) is 26.0 Å². The van der Waals surface area contributed by atoms with Crippen molar-refractivity contribution in [1.29, 1.82) is 0 Å². The van der Waals surface area contributed by atoms with Crippen molar-refractivity contribution in [3.63, 3.8) is 0 Å². The van der Waals surface area contributed by atoms with Gasteiger partial charge in [-0.1, -0.05) is 13.8 Å². The molecule has 126 valence electrons. The number of furan rings is 1. The van der Waals surface area contributed by atoms with E-state index in [0.717, 1.165) is 38.2 Å². The molecule has 0 aliphatic carbocycles. The molecule has 1 fully saturated rings. The quantitative estimate of drug-likeness (QED) is 0.788. The monoisotopic (exact) mass is 329 g/mol.